The SMILES string of the molecule is Cc1c(C(N)c2nccs2)oc2cc(F)ccc12. The predicted molar refractivity (Wildman–Crippen MR) is 69.1 cm³/mol. The molecule has 0 aliphatic heterocycles. The van der Waals surface area contributed by atoms with Gasteiger partial charge < -0.3 is 10.2 Å². The maximum atomic E-state index is 13.2. The smallest absolute Gasteiger partial charge is 0.137 e. The van der Waals surface area contributed by atoms with Crippen LogP contribution in [0.5, 0.6) is 0 Å². The zero-order valence-electron chi connectivity index (χ0n) is 9.68. The standard InChI is InChI=1S/C13H11FN2OS/c1-7-9-3-2-8(14)6-10(9)17-12(7)11(15)13-16-4-5-18-13/h2-6,11H,15H2,1H3. The van der Waals surface area contributed by atoms with Crippen LogP contribution in [0.15, 0.2) is 34.2 Å². The highest BCUT2D eigenvalue weighted by Crippen LogP contribution is 2.32. The number of thiazole rings is 1. The Hall–Kier alpha value is -1.72. The van der Waals surface area contributed by atoms with Crippen LogP contribution in [0.1, 0.15) is 22.4 Å². The van der Waals surface area contributed by atoms with E-state index in [1.165, 1.54) is 23.5 Å². The van der Waals surface area contributed by atoms with E-state index in [-0.39, 0.29) is 5.82 Å². The van der Waals surface area contributed by atoms with Crippen LogP contribution in [0.25, 0.3) is 11.0 Å². The van der Waals surface area contributed by atoms with Gasteiger partial charge >= 0.3 is 0 Å². The van der Waals surface area contributed by atoms with Gasteiger partial charge in [-0.1, -0.05) is 0 Å². The van der Waals surface area contributed by atoms with Gasteiger partial charge in [0.15, 0.2) is 0 Å². The molecule has 0 spiro atoms. The molecule has 2 heterocycles. The molecule has 0 aliphatic rings. The molecule has 0 saturated carbocycles. The van der Waals surface area contributed by atoms with Crippen molar-refractivity contribution >= 4 is 22.3 Å². The van der Waals surface area contributed by atoms with Crippen LogP contribution in [-0.2, 0) is 0 Å². The fourth-order valence-electron chi connectivity index (χ4n) is 2.02. The van der Waals surface area contributed by atoms with Crippen molar-refractivity contribution in [2.45, 2.75) is 13.0 Å². The van der Waals surface area contributed by atoms with Crippen molar-refractivity contribution in [1.29, 1.82) is 0 Å². The second-order valence-electron chi connectivity index (χ2n) is 4.08. The molecule has 0 bridgehead atoms. The Labute approximate surface area is 107 Å². The van der Waals surface area contributed by atoms with Crippen molar-refractivity contribution in [2.24, 2.45) is 5.73 Å². The third kappa shape index (κ3) is 1.72. The lowest BCUT2D eigenvalue weighted by molar-refractivity contribution is 0.517. The minimum absolute atomic E-state index is 0.314. The number of hydrogen-bond acceptors (Lipinski definition) is 4. The molecule has 0 fully saturated rings. The van der Waals surface area contributed by atoms with Crippen molar-refractivity contribution in [3.05, 3.63) is 51.9 Å². The summed E-state index contributed by atoms with van der Waals surface area (Å²) in [6.45, 7) is 1.92. The highest BCUT2D eigenvalue weighted by molar-refractivity contribution is 7.09. The zero-order chi connectivity index (χ0) is 12.7. The summed E-state index contributed by atoms with van der Waals surface area (Å²) in [5.41, 5.74) is 7.58. The first-order valence-corrected chi connectivity index (χ1v) is 6.38. The zero-order valence-corrected chi connectivity index (χ0v) is 10.5. The van der Waals surface area contributed by atoms with Gasteiger partial charge in [-0.05, 0) is 19.1 Å². The molecule has 5 heteroatoms. The molecule has 0 saturated heterocycles. The minimum Gasteiger partial charge on any atom is -0.459 e. The van der Waals surface area contributed by atoms with Crippen molar-refractivity contribution in [1.82, 2.24) is 4.98 Å². The van der Waals surface area contributed by atoms with Crippen LogP contribution in [0.3, 0.4) is 0 Å². The summed E-state index contributed by atoms with van der Waals surface area (Å²) in [7, 11) is 0. The summed E-state index contributed by atoms with van der Waals surface area (Å²) < 4.78 is 18.8. The first-order valence-electron chi connectivity index (χ1n) is 5.50. The molecule has 3 rings (SSSR count). The number of fused-ring (bicyclic) bond motifs is 1. The molecule has 1 aromatic carbocycles. The lowest BCUT2D eigenvalue weighted by atomic mass is 10.1. The Morgan fingerprint density at radius 3 is 3.00 bits per heavy atom. The van der Waals surface area contributed by atoms with Gasteiger partial charge in [-0.2, -0.15) is 0 Å². The summed E-state index contributed by atoms with van der Waals surface area (Å²) in [6.07, 6.45) is 1.71. The van der Waals surface area contributed by atoms with E-state index in [0.717, 1.165) is 16.0 Å². The second kappa shape index (κ2) is 4.19. The fraction of sp³-hybridized carbons (Fsp3) is 0.154. The van der Waals surface area contributed by atoms with Crippen LogP contribution in [0.4, 0.5) is 4.39 Å². The van der Waals surface area contributed by atoms with E-state index < -0.39 is 6.04 Å². The molecule has 0 amide bonds. The van der Waals surface area contributed by atoms with Crippen LogP contribution in [0, 0.1) is 12.7 Å². The van der Waals surface area contributed by atoms with Crippen molar-refractivity contribution < 1.29 is 8.81 Å². The maximum Gasteiger partial charge on any atom is 0.137 e. The Kier molecular flexibility index (Phi) is 2.65. The lowest BCUT2D eigenvalue weighted by Gasteiger charge is -2.05. The average molecular weight is 262 g/mol. The van der Waals surface area contributed by atoms with Gasteiger partial charge in [-0.3, -0.25) is 0 Å². The van der Waals surface area contributed by atoms with Crippen molar-refractivity contribution in [2.75, 3.05) is 0 Å². The topological polar surface area (TPSA) is 52.0 Å². The van der Waals surface area contributed by atoms with Crippen LogP contribution < -0.4 is 5.73 Å². The summed E-state index contributed by atoms with van der Waals surface area (Å²) >= 11 is 1.48. The molecular formula is C13H11FN2OS. The number of aromatic nitrogens is 1. The number of halogens is 1. The predicted octanol–water partition coefficient (Wildman–Crippen LogP) is 3.38. The molecular weight excluding hydrogens is 251 g/mol. The van der Waals surface area contributed by atoms with Crippen molar-refractivity contribution in [3.63, 3.8) is 0 Å². The average Bonchev–Trinajstić information content (AvgIpc) is 2.97. The normalized spacial score (nSPS) is 13.1. The summed E-state index contributed by atoms with van der Waals surface area (Å²) in [4.78, 5) is 4.18. The first-order chi connectivity index (χ1) is 8.66. The molecule has 2 aromatic heterocycles. The molecule has 18 heavy (non-hydrogen) atoms. The highest BCUT2D eigenvalue weighted by atomic mass is 32.1. The second-order valence-corrected chi connectivity index (χ2v) is 5.01. The summed E-state index contributed by atoms with van der Waals surface area (Å²) in [5.74, 6) is 0.330. The summed E-state index contributed by atoms with van der Waals surface area (Å²) in [6, 6.07) is 4.10. The van der Waals surface area contributed by atoms with Crippen LogP contribution >= 0.6 is 11.3 Å². The van der Waals surface area contributed by atoms with E-state index in [2.05, 4.69) is 4.98 Å². The number of aryl methyl sites for hydroxylation is 1. The van der Waals surface area contributed by atoms with Gasteiger partial charge in [-0.15, -0.1) is 11.3 Å². The Morgan fingerprint density at radius 1 is 1.44 bits per heavy atom. The molecule has 3 aromatic rings. The lowest BCUT2D eigenvalue weighted by Crippen LogP contribution is -2.11. The number of benzene rings is 1. The van der Waals surface area contributed by atoms with Gasteiger partial charge in [0.2, 0.25) is 0 Å². The molecule has 1 atom stereocenters. The van der Waals surface area contributed by atoms with E-state index in [0.29, 0.717) is 11.3 Å². The quantitative estimate of drug-likeness (QED) is 0.770. The summed E-state index contributed by atoms with van der Waals surface area (Å²) in [5, 5.41) is 3.54. The van der Waals surface area contributed by atoms with E-state index in [1.54, 1.807) is 12.3 Å². The number of nitrogens with zero attached hydrogens (tertiary/aromatic N) is 1. The van der Waals surface area contributed by atoms with Crippen LogP contribution in [0.2, 0.25) is 0 Å². The van der Waals surface area contributed by atoms with Gasteiger partial charge in [0.05, 0.1) is 0 Å². The van der Waals surface area contributed by atoms with Crippen LogP contribution in [-0.4, -0.2) is 4.98 Å². The molecule has 1 unspecified atom stereocenters. The third-order valence-electron chi connectivity index (χ3n) is 2.94. The van der Waals surface area contributed by atoms with E-state index >= 15 is 0 Å². The van der Waals surface area contributed by atoms with Gasteiger partial charge in [0.25, 0.3) is 0 Å². The number of rotatable bonds is 2. The third-order valence-corrected chi connectivity index (χ3v) is 3.80. The van der Waals surface area contributed by atoms with Gasteiger partial charge in [0.1, 0.15) is 28.2 Å². The Morgan fingerprint density at radius 2 is 2.28 bits per heavy atom. The largest absolute Gasteiger partial charge is 0.459 e. The molecule has 0 radical (unpaired) electrons. The fourth-order valence-corrected chi connectivity index (χ4v) is 2.65. The number of hydrogen-bond donors (Lipinski definition) is 1. The number of furan rings is 1. The van der Waals surface area contributed by atoms with E-state index in [1.807, 2.05) is 12.3 Å². The van der Waals surface area contributed by atoms with E-state index in [9.17, 15) is 4.39 Å². The number of nitrogens with two attached hydrogens (primary N) is 1. The van der Waals surface area contributed by atoms with Crippen molar-refractivity contribution in [3.8, 4) is 0 Å². The molecule has 2 N–H and O–H groups in total. The molecule has 3 nitrogen and oxygen atoms in total. The monoisotopic (exact) mass is 262 g/mol. The maximum absolute atomic E-state index is 13.2. The first kappa shape index (κ1) is 11.4. The van der Waals surface area contributed by atoms with Gasteiger partial charge in [-0.25, -0.2) is 9.37 Å². The highest BCUT2D eigenvalue weighted by Gasteiger charge is 2.20. The molecule has 92 valence electrons. The minimum atomic E-state index is -0.402. The molecule has 0 aliphatic carbocycles. The van der Waals surface area contributed by atoms with E-state index in [4.69, 9.17) is 10.2 Å². The Balaban J connectivity index is 2.15. The Bertz CT molecular complexity index is 690. The van der Waals surface area contributed by atoms with Gasteiger partial charge in [0, 0.05) is 28.6 Å².